The van der Waals surface area contributed by atoms with Crippen molar-refractivity contribution in [2.24, 2.45) is 0 Å². The van der Waals surface area contributed by atoms with E-state index >= 15 is 0 Å². The molecule has 2 N–H and O–H groups in total. The summed E-state index contributed by atoms with van der Waals surface area (Å²) in [7, 11) is 1.77. The van der Waals surface area contributed by atoms with Gasteiger partial charge in [-0.3, -0.25) is 9.78 Å². The third-order valence-corrected chi connectivity index (χ3v) is 3.54. The summed E-state index contributed by atoms with van der Waals surface area (Å²) in [5.74, 6) is 0.790. The predicted molar refractivity (Wildman–Crippen MR) is 80.7 cm³/mol. The number of carbonyl (C=O) groups is 1. The first-order valence-electron chi connectivity index (χ1n) is 6.92. The van der Waals surface area contributed by atoms with Crippen LogP contribution in [0.25, 0.3) is 0 Å². The summed E-state index contributed by atoms with van der Waals surface area (Å²) in [4.78, 5) is 16.2. The second-order valence-electron chi connectivity index (χ2n) is 4.93. The van der Waals surface area contributed by atoms with E-state index in [1.54, 1.807) is 25.5 Å². The molecule has 0 saturated carbocycles. The predicted octanol–water partition coefficient (Wildman–Crippen LogP) is 1.86. The number of nitrogens with one attached hydrogen (secondary N) is 2. The zero-order chi connectivity index (χ0) is 14.7. The van der Waals surface area contributed by atoms with Crippen molar-refractivity contribution >= 4 is 11.6 Å². The van der Waals surface area contributed by atoms with Crippen molar-refractivity contribution in [3.05, 3.63) is 53.9 Å². The molecule has 2 heterocycles. The highest BCUT2D eigenvalue weighted by atomic mass is 16.5. The van der Waals surface area contributed by atoms with Crippen LogP contribution in [0, 0.1) is 0 Å². The molecule has 2 aromatic rings. The fraction of sp³-hybridized carbons (Fsp3) is 0.250. The Bertz CT molecular complexity index is 632. The molecule has 0 fully saturated rings. The number of rotatable bonds is 4. The topological polar surface area (TPSA) is 63.2 Å². The lowest BCUT2D eigenvalue weighted by molar-refractivity contribution is 0.0934. The SMILES string of the molecule is CNc1cnccc1C(=O)NCC1Cc2ccccc2O1. The van der Waals surface area contributed by atoms with E-state index in [9.17, 15) is 4.79 Å². The lowest BCUT2D eigenvalue weighted by atomic mass is 10.1. The number of nitrogens with zero attached hydrogens (tertiary/aromatic N) is 1. The van der Waals surface area contributed by atoms with E-state index in [0.717, 1.165) is 12.2 Å². The van der Waals surface area contributed by atoms with Gasteiger partial charge in [0, 0.05) is 19.7 Å². The van der Waals surface area contributed by atoms with Crippen molar-refractivity contribution in [3.8, 4) is 5.75 Å². The monoisotopic (exact) mass is 283 g/mol. The Hall–Kier alpha value is -2.56. The maximum absolute atomic E-state index is 12.2. The maximum Gasteiger partial charge on any atom is 0.253 e. The Morgan fingerprint density at radius 2 is 2.24 bits per heavy atom. The molecule has 5 nitrogen and oxygen atoms in total. The van der Waals surface area contributed by atoms with E-state index in [2.05, 4.69) is 21.7 Å². The van der Waals surface area contributed by atoms with Gasteiger partial charge >= 0.3 is 0 Å². The zero-order valence-electron chi connectivity index (χ0n) is 11.8. The number of hydrogen-bond acceptors (Lipinski definition) is 4. The first kappa shape index (κ1) is 13.4. The van der Waals surface area contributed by atoms with E-state index in [4.69, 9.17) is 4.74 Å². The van der Waals surface area contributed by atoms with Gasteiger partial charge in [0.05, 0.1) is 24.0 Å². The molecule has 108 valence electrons. The number of carbonyl (C=O) groups excluding carboxylic acids is 1. The van der Waals surface area contributed by atoms with Gasteiger partial charge in [-0.25, -0.2) is 0 Å². The third-order valence-electron chi connectivity index (χ3n) is 3.54. The number of pyridine rings is 1. The molecule has 1 amide bonds. The minimum absolute atomic E-state index is 0.00813. The Labute approximate surface area is 123 Å². The fourth-order valence-electron chi connectivity index (χ4n) is 2.46. The average molecular weight is 283 g/mol. The molecule has 1 aromatic heterocycles. The van der Waals surface area contributed by atoms with Gasteiger partial charge in [-0.1, -0.05) is 18.2 Å². The molecule has 0 bridgehead atoms. The summed E-state index contributed by atoms with van der Waals surface area (Å²) in [6, 6.07) is 9.67. The van der Waals surface area contributed by atoms with E-state index in [1.807, 2.05) is 18.2 Å². The molecule has 1 unspecified atom stereocenters. The second-order valence-corrected chi connectivity index (χ2v) is 4.93. The number of fused-ring (bicyclic) bond motifs is 1. The largest absolute Gasteiger partial charge is 0.488 e. The highest BCUT2D eigenvalue weighted by Crippen LogP contribution is 2.27. The summed E-state index contributed by atoms with van der Waals surface area (Å²) in [5.41, 5.74) is 2.49. The minimum atomic E-state index is -0.124. The quantitative estimate of drug-likeness (QED) is 0.899. The molecule has 3 rings (SSSR count). The van der Waals surface area contributed by atoms with Crippen LogP contribution in [-0.4, -0.2) is 30.6 Å². The lowest BCUT2D eigenvalue weighted by Gasteiger charge is -2.13. The van der Waals surface area contributed by atoms with Crippen LogP contribution in [0.4, 0.5) is 5.69 Å². The highest BCUT2D eigenvalue weighted by molar-refractivity contribution is 5.99. The number of amides is 1. The number of para-hydroxylation sites is 1. The van der Waals surface area contributed by atoms with Gasteiger partial charge < -0.3 is 15.4 Å². The number of anilines is 1. The van der Waals surface area contributed by atoms with Crippen LogP contribution >= 0.6 is 0 Å². The summed E-state index contributed by atoms with van der Waals surface area (Å²) in [5, 5.41) is 5.88. The van der Waals surface area contributed by atoms with Gasteiger partial charge in [0.2, 0.25) is 0 Å². The summed E-state index contributed by atoms with van der Waals surface area (Å²) >= 11 is 0. The van der Waals surface area contributed by atoms with E-state index < -0.39 is 0 Å². The zero-order valence-corrected chi connectivity index (χ0v) is 11.8. The van der Waals surface area contributed by atoms with Crippen LogP contribution in [0.3, 0.4) is 0 Å². The van der Waals surface area contributed by atoms with E-state index in [1.165, 1.54) is 5.56 Å². The first-order valence-corrected chi connectivity index (χ1v) is 6.92. The number of ether oxygens (including phenoxy) is 1. The van der Waals surface area contributed by atoms with Crippen LogP contribution in [0.2, 0.25) is 0 Å². The van der Waals surface area contributed by atoms with Crippen LogP contribution in [0.15, 0.2) is 42.7 Å². The van der Waals surface area contributed by atoms with Crippen molar-refractivity contribution in [1.82, 2.24) is 10.3 Å². The summed E-state index contributed by atoms with van der Waals surface area (Å²) < 4.78 is 5.81. The average Bonchev–Trinajstić information content (AvgIpc) is 2.95. The van der Waals surface area contributed by atoms with Crippen molar-refractivity contribution < 1.29 is 9.53 Å². The first-order chi connectivity index (χ1) is 10.3. The maximum atomic E-state index is 12.2. The van der Waals surface area contributed by atoms with Gasteiger partial charge in [0.15, 0.2) is 0 Å². The van der Waals surface area contributed by atoms with Crippen molar-refractivity contribution in [3.63, 3.8) is 0 Å². The molecule has 1 aliphatic heterocycles. The molecule has 1 atom stereocenters. The minimum Gasteiger partial charge on any atom is -0.488 e. The molecule has 21 heavy (non-hydrogen) atoms. The Morgan fingerprint density at radius 1 is 1.38 bits per heavy atom. The number of hydrogen-bond donors (Lipinski definition) is 2. The Morgan fingerprint density at radius 3 is 3.05 bits per heavy atom. The van der Waals surface area contributed by atoms with Gasteiger partial charge in [-0.2, -0.15) is 0 Å². The summed E-state index contributed by atoms with van der Waals surface area (Å²) in [6.07, 6.45) is 4.06. The third kappa shape index (κ3) is 2.81. The molecule has 0 radical (unpaired) electrons. The Balaban J connectivity index is 1.60. The fourth-order valence-corrected chi connectivity index (χ4v) is 2.46. The van der Waals surface area contributed by atoms with Gasteiger partial charge in [-0.15, -0.1) is 0 Å². The normalized spacial score (nSPS) is 16.0. The number of aromatic nitrogens is 1. The molecule has 0 saturated heterocycles. The number of benzene rings is 1. The molecule has 5 heteroatoms. The van der Waals surface area contributed by atoms with Gasteiger partial charge in [0.25, 0.3) is 5.91 Å². The molecule has 1 aromatic carbocycles. The van der Waals surface area contributed by atoms with Crippen LogP contribution < -0.4 is 15.4 Å². The van der Waals surface area contributed by atoms with E-state index in [-0.39, 0.29) is 12.0 Å². The molecular formula is C16H17N3O2. The van der Waals surface area contributed by atoms with Crippen LogP contribution in [-0.2, 0) is 6.42 Å². The smallest absolute Gasteiger partial charge is 0.253 e. The molecule has 1 aliphatic rings. The second kappa shape index (κ2) is 5.83. The standard InChI is InChI=1S/C16H17N3O2/c1-17-14-10-18-7-6-13(14)16(20)19-9-12-8-11-4-2-3-5-15(11)21-12/h2-7,10,12,17H,8-9H2,1H3,(H,19,20). The van der Waals surface area contributed by atoms with Crippen LogP contribution in [0.5, 0.6) is 5.75 Å². The van der Waals surface area contributed by atoms with Crippen molar-refractivity contribution in [2.45, 2.75) is 12.5 Å². The van der Waals surface area contributed by atoms with Crippen molar-refractivity contribution in [1.29, 1.82) is 0 Å². The van der Waals surface area contributed by atoms with Gasteiger partial charge in [-0.05, 0) is 17.7 Å². The highest BCUT2D eigenvalue weighted by Gasteiger charge is 2.23. The van der Waals surface area contributed by atoms with Crippen LogP contribution in [0.1, 0.15) is 15.9 Å². The molecule has 0 spiro atoms. The molecular weight excluding hydrogens is 266 g/mol. The molecule has 0 aliphatic carbocycles. The van der Waals surface area contributed by atoms with E-state index in [0.29, 0.717) is 17.8 Å². The summed E-state index contributed by atoms with van der Waals surface area (Å²) in [6.45, 7) is 0.485. The van der Waals surface area contributed by atoms with Crippen molar-refractivity contribution in [2.75, 3.05) is 18.9 Å². The lowest BCUT2D eigenvalue weighted by Crippen LogP contribution is -2.34. The Kier molecular flexibility index (Phi) is 3.73. The van der Waals surface area contributed by atoms with Gasteiger partial charge in [0.1, 0.15) is 11.9 Å².